The molecule has 31 heavy (non-hydrogen) atoms. The summed E-state index contributed by atoms with van der Waals surface area (Å²) in [6, 6.07) is 17.5. The molecule has 7 heteroatoms. The molecule has 3 aliphatic rings. The van der Waals surface area contributed by atoms with E-state index in [2.05, 4.69) is 20.9 Å². The standard InChI is InChI=1S/C24H22ClN5O/c25-20-6-4-17(5-7-20)15-30-23(31)21-16-28(14-19-3-1-2-18(12-19)13-26)10-8-22(21)29-11-9-27-24(29)30/h1-7,12H,8-11,14-16H2. The first-order chi connectivity index (χ1) is 15.1. The first-order valence-electron chi connectivity index (χ1n) is 10.4. The highest BCUT2D eigenvalue weighted by Crippen LogP contribution is 2.32. The van der Waals surface area contributed by atoms with Gasteiger partial charge in [-0.3, -0.25) is 19.6 Å². The lowest BCUT2D eigenvalue weighted by Gasteiger charge is -2.42. The number of carbonyl (C=O) groups is 1. The highest BCUT2D eigenvalue weighted by Gasteiger charge is 2.40. The maximum atomic E-state index is 13.5. The highest BCUT2D eigenvalue weighted by atomic mass is 35.5. The number of amides is 1. The summed E-state index contributed by atoms with van der Waals surface area (Å²) in [6.07, 6.45) is 0.826. The van der Waals surface area contributed by atoms with Gasteiger partial charge >= 0.3 is 0 Å². The van der Waals surface area contributed by atoms with Crippen LogP contribution < -0.4 is 0 Å². The van der Waals surface area contributed by atoms with Gasteiger partial charge in [0.05, 0.1) is 30.3 Å². The minimum atomic E-state index is 0.0392. The second-order valence-electron chi connectivity index (χ2n) is 8.05. The van der Waals surface area contributed by atoms with E-state index in [9.17, 15) is 4.79 Å². The van der Waals surface area contributed by atoms with Gasteiger partial charge in [0.1, 0.15) is 0 Å². The number of hydrogen-bond donors (Lipinski definition) is 0. The van der Waals surface area contributed by atoms with Crippen molar-refractivity contribution in [1.82, 2.24) is 14.7 Å². The molecular formula is C24H22ClN5O. The van der Waals surface area contributed by atoms with Crippen molar-refractivity contribution in [1.29, 1.82) is 5.26 Å². The molecule has 156 valence electrons. The first kappa shape index (κ1) is 19.8. The van der Waals surface area contributed by atoms with Gasteiger partial charge in [-0.2, -0.15) is 5.26 Å². The Morgan fingerprint density at radius 3 is 2.71 bits per heavy atom. The molecule has 1 amide bonds. The summed E-state index contributed by atoms with van der Waals surface area (Å²) < 4.78 is 0. The summed E-state index contributed by atoms with van der Waals surface area (Å²) in [6.45, 7) is 4.21. The third-order valence-electron chi connectivity index (χ3n) is 6.00. The number of guanidine groups is 1. The van der Waals surface area contributed by atoms with Crippen LogP contribution in [0, 0.1) is 11.3 Å². The summed E-state index contributed by atoms with van der Waals surface area (Å²) in [7, 11) is 0. The Labute approximate surface area is 186 Å². The molecule has 6 nitrogen and oxygen atoms in total. The predicted molar refractivity (Wildman–Crippen MR) is 119 cm³/mol. The van der Waals surface area contributed by atoms with E-state index in [0.29, 0.717) is 30.2 Å². The number of fused-ring (bicyclic) bond motifs is 2. The van der Waals surface area contributed by atoms with Crippen LogP contribution in [0.4, 0.5) is 0 Å². The molecular weight excluding hydrogens is 410 g/mol. The number of nitriles is 1. The van der Waals surface area contributed by atoms with E-state index in [4.69, 9.17) is 16.9 Å². The molecule has 0 fully saturated rings. The SMILES string of the molecule is N#Cc1cccc(CN2CCC3=C(C2)C(=O)N(Cc2ccc(Cl)cc2)C2=NCCN23)c1. The molecule has 0 aromatic heterocycles. The third-order valence-corrected chi connectivity index (χ3v) is 6.25. The quantitative estimate of drug-likeness (QED) is 0.744. The number of hydrogen-bond acceptors (Lipinski definition) is 5. The molecule has 0 aliphatic carbocycles. The van der Waals surface area contributed by atoms with Crippen LogP contribution in [0.3, 0.4) is 0 Å². The van der Waals surface area contributed by atoms with E-state index in [-0.39, 0.29) is 5.91 Å². The van der Waals surface area contributed by atoms with Crippen LogP contribution in [-0.4, -0.2) is 52.7 Å². The van der Waals surface area contributed by atoms with E-state index in [1.807, 2.05) is 48.5 Å². The highest BCUT2D eigenvalue weighted by molar-refractivity contribution is 6.30. The zero-order chi connectivity index (χ0) is 21.4. The van der Waals surface area contributed by atoms with E-state index >= 15 is 0 Å². The van der Waals surface area contributed by atoms with Crippen molar-refractivity contribution in [2.75, 3.05) is 26.2 Å². The second kappa shape index (κ2) is 8.18. The fourth-order valence-electron chi connectivity index (χ4n) is 4.52. The van der Waals surface area contributed by atoms with Gasteiger partial charge in [0.25, 0.3) is 5.91 Å². The maximum absolute atomic E-state index is 13.5. The molecule has 0 radical (unpaired) electrons. The van der Waals surface area contributed by atoms with Crippen molar-refractivity contribution >= 4 is 23.5 Å². The normalized spacial score (nSPS) is 18.6. The van der Waals surface area contributed by atoms with Crippen molar-refractivity contribution in [2.24, 2.45) is 4.99 Å². The Balaban J connectivity index is 1.39. The topological polar surface area (TPSA) is 62.9 Å². The summed E-state index contributed by atoms with van der Waals surface area (Å²) in [5.74, 6) is 0.811. The fourth-order valence-corrected chi connectivity index (χ4v) is 4.65. The van der Waals surface area contributed by atoms with Gasteiger partial charge in [-0.15, -0.1) is 0 Å². The van der Waals surface area contributed by atoms with Gasteiger partial charge in [-0.25, -0.2) is 0 Å². The molecule has 0 bridgehead atoms. The van der Waals surface area contributed by atoms with Crippen molar-refractivity contribution in [2.45, 2.75) is 19.5 Å². The number of halogens is 1. The summed E-state index contributed by atoms with van der Waals surface area (Å²) >= 11 is 6.02. The van der Waals surface area contributed by atoms with Gasteiger partial charge in [-0.1, -0.05) is 35.9 Å². The van der Waals surface area contributed by atoms with E-state index < -0.39 is 0 Å². The number of rotatable bonds is 4. The second-order valence-corrected chi connectivity index (χ2v) is 8.49. The van der Waals surface area contributed by atoms with Crippen LogP contribution in [0.1, 0.15) is 23.1 Å². The summed E-state index contributed by atoms with van der Waals surface area (Å²) in [5, 5.41) is 9.85. The predicted octanol–water partition coefficient (Wildman–Crippen LogP) is 3.39. The Hall–Kier alpha value is -3.14. The van der Waals surface area contributed by atoms with Crippen LogP contribution in [-0.2, 0) is 17.9 Å². The lowest BCUT2D eigenvalue weighted by molar-refractivity contribution is -0.125. The number of benzene rings is 2. The van der Waals surface area contributed by atoms with Crippen molar-refractivity contribution < 1.29 is 4.79 Å². The van der Waals surface area contributed by atoms with E-state index in [1.165, 1.54) is 0 Å². The maximum Gasteiger partial charge on any atom is 0.259 e. The van der Waals surface area contributed by atoms with Gasteiger partial charge in [0, 0.05) is 43.3 Å². The monoisotopic (exact) mass is 431 g/mol. The molecule has 0 saturated heterocycles. The van der Waals surface area contributed by atoms with Crippen LogP contribution in [0.5, 0.6) is 0 Å². The third kappa shape index (κ3) is 3.83. The minimum Gasteiger partial charge on any atom is -0.314 e. The lowest BCUT2D eigenvalue weighted by Crippen LogP contribution is -2.53. The van der Waals surface area contributed by atoms with Gasteiger partial charge in [0.15, 0.2) is 0 Å². The lowest BCUT2D eigenvalue weighted by atomic mass is 10.00. The van der Waals surface area contributed by atoms with Crippen LogP contribution in [0.2, 0.25) is 5.02 Å². The molecule has 3 aliphatic heterocycles. The van der Waals surface area contributed by atoms with Crippen LogP contribution in [0.25, 0.3) is 0 Å². The molecule has 0 N–H and O–H groups in total. The average molecular weight is 432 g/mol. The van der Waals surface area contributed by atoms with Gasteiger partial charge in [-0.05, 0) is 35.4 Å². The summed E-state index contributed by atoms with van der Waals surface area (Å²) in [4.78, 5) is 24.5. The largest absolute Gasteiger partial charge is 0.314 e. The molecule has 0 saturated carbocycles. The average Bonchev–Trinajstić information content (AvgIpc) is 3.28. The van der Waals surface area contributed by atoms with Gasteiger partial charge < -0.3 is 4.90 Å². The zero-order valence-corrected chi connectivity index (χ0v) is 17.8. The molecule has 2 aromatic carbocycles. The van der Waals surface area contributed by atoms with Crippen molar-refractivity contribution in [3.63, 3.8) is 0 Å². The number of carbonyl (C=O) groups excluding carboxylic acids is 1. The molecule has 0 unspecified atom stereocenters. The van der Waals surface area contributed by atoms with Crippen LogP contribution >= 0.6 is 11.6 Å². The van der Waals surface area contributed by atoms with E-state index in [1.54, 1.807) is 4.90 Å². The first-order valence-corrected chi connectivity index (χ1v) is 10.8. The Morgan fingerprint density at radius 1 is 1.06 bits per heavy atom. The minimum absolute atomic E-state index is 0.0392. The van der Waals surface area contributed by atoms with Gasteiger partial charge in [0.2, 0.25) is 5.96 Å². The number of aliphatic imine (C=N–C) groups is 1. The van der Waals surface area contributed by atoms with Crippen molar-refractivity contribution in [3.05, 3.63) is 81.5 Å². The Morgan fingerprint density at radius 2 is 1.90 bits per heavy atom. The summed E-state index contributed by atoms with van der Waals surface area (Å²) in [5.41, 5.74) is 4.76. The zero-order valence-electron chi connectivity index (χ0n) is 17.1. The van der Waals surface area contributed by atoms with Crippen LogP contribution in [0.15, 0.2) is 64.8 Å². The van der Waals surface area contributed by atoms with Crippen molar-refractivity contribution in [3.8, 4) is 6.07 Å². The molecule has 5 rings (SSSR count). The Bertz CT molecular complexity index is 1130. The smallest absolute Gasteiger partial charge is 0.259 e. The Kier molecular flexibility index (Phi) is 5.23. The molecule has 0 atom stereocenters. The fraction of sp³-hybridized carbons (Fsp3) is 0.292. The molecule has 2 aromatic rings. The molecule has 3 heterocycles. The molecule has 0 spiro atoms. The van der Waals surface area contributed by atoms with E-state index in [0.717, 1.165) is 54.4 Å². The number of nitrogens with zero attached hydrogens (tertiary/aromatic N) is 5.